The summed E-state index contributed by atoms with van der Waals surface area (Å²) in [5.41, 5.74) is 6.20. The number of anilines is 1. The van der Waals surface area contributed by atoms with Crippen LogP contribution in [0.5, 0.6) is 0 Å². The van der Waals surface area contributed by atoms with Gasteiger partial charge in [0.2, 0.25) is 0 Å². The van der Waals surface area contributed by atoms with Gasteiger partial charge in [0, 0.05) is 29.1 Å². The number of carbonyl (C=O) groups is 1. The smallest absolute Gasteiger partial charge is 0.264 e. The van der Waals surface area contributed by atoms with E-state index in [0.29, 0.717) is 10.6 Å². The molecule has 1 rings (SSSR count). The van der Waals surface area contributed by atoms with Crippen LogP contribution in [0, 0.1) is 0 Å². The molecule has 0 aromatic heterocycles. The average Bonchev–Trinajstić information content (AvgIpc) is 2.47. The molecule has 1 aromatic carbocycles. The molecule has 0 aliphatic carbocycles. The largest absolute Gasteiger partial charge is 0.399 e. The highest BCUT2D eigenvalue weighted by molar-refractivity contribution is 8.00. The van der Waals surface area contributed by atoms with Gasteiger partial charge < -0.3 is 10.6 Å². The van der Waals surface area contributed by atoms with E-state index in [9.17, 15) is 9.00 Å². The molecule has 0 fully saturated rings. The lowest BCUT2D eigenvalue weighted by Crippen LogP contribution is -2.25. The van der Waals surface area contributed by atoms with Gasteiger partial charge in [-0.2, -0.15) is 16.1 Å². The first kappa shape index (κ1) is 19.0. The second-order valence-corrected chi connectivity index (χ2v) is 8.30. The second kappa shape index (κ2) is 9.17. The Morgan fingerprint density at radius 1 is 1.27 bits per heavy atom. The second-order valence-electron chi connectivity index (χ2n) is 4.94. The maximum atomic E-state index is 12.5. The van der Waals surface area contributed by atoms with Crippen LogP contribution in [0.4, 0.5) is 5.69 Å². The molecule has 22 heavy (non-hydrogen) atoms. The fourth-order valence-electron chi connectivity index (χ4n) is 1.89. The van der Waals surface area contributed by atoms with Crippen molar-refractivity contribution in [3.05, 3.63) is 24.3 Å². The maximum Gasteiger partial charge on any atom is 0.264 e. The first-order valence-electron chi connectivity index (χ1n) is 7.29. The highest BCUT2D eigenvalue weighted by atomic mass is 32.2. The summed E-state index contributed by atoms with van der Waals surface area (Å²) in [6.07, 6.45) is 1.48. The lowest BCUT2D eigenvalue weighted by Gasteiger charge is -2.16. The molecule has 7 heteroatoms. The fraction of sp³-hybridized carbons (Fsp3) is 0.533. The van der Waals surface area contributed by atoms with Crippen LogP contribution in [0.3, 0.4) is 0 Å². The molecule has 0 bridgehead atoms. The Hall–Kier alpha value is -1.05. The van der Waals surface area contributed by atoms with E-state index < -0.39 is 9.73 Å². The molecule has 0 heterocycles. The first-order valence-corrected chi connectivity index (χ1v) is 10.4. The minimum Gasteiger partial charge on any atom is -0.399 e. The predicted molar refractivity (Wildman–Crippen MR) is 95.7 cm³/mol. The Morgan fingerprint density at radius 2 is 1.86 bits per heavy atom. The van der Waals surface area contributed by atoms with Gasteiger partial charge in [-0.15, -0.1) is 0 Å². The fourth-order valence-corrected chi connectivity index (χ4v) is 3.94. The monoisotopic (exact) mass is 343 g/mol. The van der Waals surface area contributed by atoms with Crippen LogP contribution in [-0.4, -0.2) is 52.4 Å². The number of hydrogen-bond donors (Lipinski definition) is 1. The van der Waals surface area contributed by atoms with Crippen molar-refractivity contribution in [2.45, 2.75) is 18.7 Å². The molecule has 5 nitrogen and oxygen atoms in total. The Balaban J connectivity index is 2.55. The number of carbonyl (C=O) groups excluding carboxylic acids is 1. The molecule has 0 saturated carbocycles. The molecule has 124 valence electrons. The van der Waals surface area contributed by atoms with Gasteiger partial charge in [0.1, 0.15) is 0 Å². The summed E-state index contributed by atoms with van der Waals surface area (Å²) in [5.74, 6) is 0.811. The molecule has 1 aromatic rings. The topological polar surface area (TPSA) is 75.8 Å². The van der Waals surface area contributed by atoms with Gasteiger partial charge in [-0.05, 0) is 37.4 Å². The van der Waals surface area contributed by atoms with Gasteiger partial charge in [-0.3, -0.25) is 4.79 Å². The van der Waals surface area contributed by atoms with Crippen LogP contribution < -0.4 is 5.73 Å². The third-order valence-corrected chi connectivity index (χ3v) is 5.89. The van der Waals surface area contributed by atoms with Crippen molar-refractivity contribution in [3.8, 4) is 0 Å². The number of benzene rings is 1. The van der Waals surface area contributed by atoms with Gasteiger partial charge >= 0.3 is 0 Å². The van der Waals surface area contributed by atoms with Crippen LogP contribution >= 0.6 is 11.8 Å². The normalized spacial score (nSPS) is 13.8. The van der Waals surface area contributed by atoms with E-state index in [1.54, 1.807) is 24.3 Å². The van der Waals surface area contributed by atoms with Gasteiger partial charge in [0.15, 0.2) is 0 Å². The van der Waals surface area contributed by atoms with Crippen LogP contribution in [0.15, 0.2) is 33.5 Å². The molecule has 0 saturated heterocycles. The van der Waals surface area contributed by atoms with Crippen LogP contribution in [-0.2, 0) is 14.5 Å². The number of nitrogens with zero attached hydrogens (tertiary/aromatic N) is 2. The number of nitrogens with two attached hydrogens (primary N) is 1. The minimum atomic E-state index is -2.69. The van der Waals surface area contributed by atoms with E-state index >= 15 is 0 Å². The lowest BCUT2D eigenvalue weighted by atomic mass is 10.3. The van der Waals surface area contributed by atoms with Crippen LogP contribution in [0.1, 0.15) is 13.8 Å². The van der Waals surface area contributed by atoms with E-state index in [1.165, 1.54) is 18.0 Å². The van der Waals surface area contributed by atoms with Gasteiger partial charge in [0.05, 0.1) is 15.5 Å². The molecular weight excluding hydrogens is 318 g/mol. The summed E-state index contributed by atoms with van der Waals surface area (Å²) in [7, 11) is -2.69. The molecule has 0 spiro atoms. The third kappa shape index (κ3) is 6.37. The number of nitrogen functional groups attached to an aromatic ring is 1. The molecule has 0 radical (unpaired) electrons. The van der Waals surface area contributed by atoms with Gasteiger partial charge in [0.25, 0.3) is 5.91 Å². The van der Waals surface area contributed by atoms with Crippen molar-refractivity contribution >= 4 is 33.1 Å². The van der Waals surface area contributed by atoms with E-state index in [4.69, 9.17) is 5.73 Å². The van der Waals surface area contributed by atoms with E-state index in [1.807, 2.05) is 0 Å². The summed E-state index contributed by atoms with van der Waals surface area (Å²) < 4.78 is 16.4. The SMILES string of the molecule is CCN(CC)CCSCC(=O)N=S(C)(=O)c1ccc(N)cc1. The zero-order valence-corrected chi connectivity index (χ0v) is 15.1. The van der Waals surface area contributed by atoms with E-state index in [2.05, 4.69) is 23.1 Å². The van der Waals surface area contributed by atoms with Gasteiger partial charge in [-0.1, -0.05) is 13.8 Å². The molecule has 0 aliphatic heterocycles. The highest BCUT2D eigenvalue weighted by Crippen LogP contribution is 2.14. The molecule has 1 atom stereocenters. The molecular formula is C15H25N3O2S2. The van der Waals surface area contributed by atoms with E-state index in [0.717, 1.165) is 25.4 Å². The first-order chi connectivity index (χ1) is 10.4. The molecule has 1 amide bonds. The minimum absolute atomic E-state index is 0.265. The standard InChI is InChI=1S/C15H25N3O2S2/c1-4-18(5-2)10-11-21-12-15(19)17-22(3,20)14-8-6-13(16)7-9-14/h6-9H,4-5,10-12,16H2,1-3H3. The number of hydrogen-bond acceptors (Lipinski definition) is 5. The molecule has 2 N–H and O–H groups in total. The van der Waals surface area contributed by atoms with Crippen molar-refractivity contribution in [2.75, 3.05) is 43.1 Å². The quantitative estimate of drug-likeness (QED) is 0.579. The maximum absolute atomic E-state index is 12.5. The summed E-state index contributed by atoms with van der Waals surface area (Å²) in [5, 5.41) is 0. The van der Waals surface area contributed by atoms with Crippen molar-refractivity contribution < 1.29 is 9.00 Å². The Morgan fingerprint density at radius 3 is 2.41 bits per heavy atom. The van der Waals surface area contributed by atoms with Crippen molar-refractivity contribution in [1.82, 2.24) is 4.90 Å². The van der Waals surface area contributed by atoms with Crippen LogP contribution in [0.2, 0.25) is 0 Å². The Bertz CT molecular complexity index is 589. The summed E-state index contributed by atoms with van der Waals surface area (Å²) >= 11 is 1.53. The average molecular weight is 344 g/mol. The number of amides is 1. The van der Waals surface area contributed by atoms with E-state index in [-0.39, 0.29) is 11.7 Å². The zero-order chi connectivity index (χ0) is 16.6. The molecule has 0 aliphatic rings. The summed E-state index contributed by atoms with van der Waals surface area (Å²) in [6.45, 7) is 7.20. The Kier molecular flexibility index (Phi) is 7.92. The summed E-state index contributed by atoms with van der Waals surface area (Å²) in [4.78, 5) is 14.7. The van der Waals surface area contributed by atoms with Crippen molar-refractivity contribution in [1.29, 1.82) is 0 Å². The predicted octanol–water partition coefficient (Wildman–Crippen LogP) is 2.33. The lowest BCUT2D eigenvalue weighted by molar-refractivity contribution is -0.115. The highest BCUT2D eigenvalue weighted by Gasteiger charge is 2.09. The zero-order valence-electron chi connectivity index (χ0n) is 13.4. The Labute approximate surface area is 137 Å². The number of thioether (sulfide) groups is 1. The van der Waals surface area contributed by atoms with Gasteiger partial charge in [-0.25, -0.2) is 4.21 Å². The third-order valence-electron chi connectivity index (χ3n) is 3.27. The summed E-state index contributed by atoms with van der Waals surface area (Å²) in [6, 6.07) is 6.64. The number of rotatable bonds is 8. The van der Waals surface area contributed by atoms with Crippen molar-refractivity contribution in [3.63, 3.8) is 0 Å². The molecule has 1 unspecified atom stereocenters. The van der Waals surface area contributed by atoms with Crippen LogP contribution in [0.25, 0.3) is 0 Å². The van der Waals surface area contributed by atoms with Crippen molar-refractivity contribution in [2.24, 2.45) is 4.36 Å².